The first kappa shape index (κ1) is 16.8. The Morgan fingerprint density at radius 2 is 2.24 bits per heavy atom. The van der Waals surface area contributed by atoms with Gasteiger partial charge in [0.25, 0.3) is 5.91 Å². The summed E-state index contributed by atoms with van der Waals surface area (Å²) < 4.78 is 4.61. The fourth-order valence-electron chi connectivity index (χ4n) is 2.23. The molecule has 0 fully saturated rings. The average molecular weight is 356 g/mol. The number of rotatable bonds is 5. The third-order valence-electron chi connectivity index (χ3n) is 3.55. The van der Waals surface area contributed by atoms with E-state index in [1.54, 1.807) is 12.4 Å². The summed E-state index contributed by atoms with van der Waals surface area (Å²) in [5.74, 6) is -0.815. The Morgan fingerprint density at radius 3 is 2.96 bits per heavy atom. The minimum Gasteiger partial charge on any atom is -0.464 e. The maximum Gasteiger partial charge on any atom is 0.354 e. The van der Waals surface area contributed by atoms with Crippen LogP contribution in [0.1, 0.15) is 38.8 Å². The summed E-state index contributed by atoms with van der Waals surface area (Å²) in [5, 5.41) is 5.59. The number of thiazole rings is 1. The number of nitrogens with one attached hydrogen (secondary N) is 2. The van der Waals surface area contributed by atoms with Crippen LogP contribution in [0.4, 0.5) is 0 Å². The van der Waals surface area contributed by atoms with Gasteiger partial charge < -0.3 is 15.0 Å². The van der Waals surface area contributed by atoms with Crippen LogP contribution in [0, 0.1) is 0 Å². The average Bonchev–Trinajstić information content (AvgIpc) is 3.31. The number of pyridine rings is 1. The van der Waals surface area contributed by atoms with Gasteiger partial charge in [-0.25, -0.2) is 9.78 Å². The molecular weight excluding hydrogens is 340 g/mol. The molecule has 0 saturated carbocycles. The number of aromatic nitrogens is 3. The second-order valence-electron chi connectivity index (χ2n) is 5.30. The fourth-order valence-corrected chi connectivity index (χ4v) is 3.06. The molecule has 3 aromatic heterocycles. The lowest BCUT2D eigenvalue weighted by Crippen LogP contribution is -2.26. The van der Waals surface area contributed by atoms with Gasteiger partial charge in [0.15, 0.2) is 0 Å². The summed E-state index contributed by atoms with van der Waals surface area (Å²) in [6.45, 7) is 1.86. The van der Waals surface area contributed by atoms with E-state index in [1.165, 1.54) is 30.7 Å². The molecule has 25 heavy (non-hydrogen) atoms. The summed E-state index contributed by atoms with van der Waals surface area (Å²) in [5.41, 5.74) is 2.34. The quantitative estimate of drug-likeness (QED) is 0.685. The summed E-state index contributed by atoms with van der Waals surface area (Å²) in [6.07, 6.45) is 4.92. The van der Waals surface area contributed by atoms with Crippen LogP contribution >= 0.6 is 11.3 Å². The summed E-state index contributed by atoms with van der Waals surface area (Å²) in [4.78, 5) is 35.1. The molecule has 7 nitrogen and oxygen atoms in total. The smallest absolute Gasteiger partial charge is 0.354 e. The molecule has 0 bridgehead atoms. The molecule has 0 radical (unpaired) electrons. The predicted octanol–water partition coefficient (Wildman–Crippen LogP) is 2.81. The van der Waals surface area contributed by atoms with Crippen LogP contribution in [0.3, 0.4) is 0 Å². The highest BCUT2D eigenvalue weighted by Gasteiger charge is 2.18. The monoisotopic (exact) mass is 356 g/mol. The molecule has 0 aliphatic carbocycles. The molecule has 1 amide bonds. The zero-order chi connectivity index (χ0) is 17.8. The van der Waals surface area contributed by atoms with Gasteiger partial charge in [-0.05, 0) is 25.1 Å². The van der Waals surface area contributed by atoms with E-state index in [1.807, 2.05) is 24.4 Å². The Labute approximate surface area is 148 Å². The van der Waals surface area contributed by atoms with E-state index in [4.69, 9.17) is 0 Å². The molecule has 0 aliphatic heterocycles. The highest BCUT2D eigenvalue weighted by atomic mass is 32.1. The third kappa shape index (κ3) is 3.74. The number of ether oxygens (including phenoxy) is 1. The van der Waals surface area contributed by atoms with Gasteiger partial charge in [-0.2, -0.15) is 0 Å². The molecule has 0 aliphatic rings. The Bertz CT molecular complexity index is 888. The van der Waals surface area contributed by atoms with E-state index in [2.05, 4.69) is 25.0 Å². The highest BCUT2D eigenvalue weighted by molar-refractivity contribution is 7.10. The van der Waals surface area contributed by atoms with Crippen molar-refractivity contribution in [3.8, 4) is 11.3 Å². The number of esters is 1. The van der Waals surface area contributed by atoms with Crippen molar-refractivity contribution >= 4 is 23.2 Å². The van der Waals surface area contributed by atoms with Crippen molar-refractivity contribution in [2.75, 3.05) is 7.11 Å². The topological polar surface area (TPSA) is 97.0 Å². The van der Waals surface area contributed by atoms with Crippen molar-refractivity contribution in [1.82, 2.24) is 20.3 Å². The van der Waals surface area contributed by atoms with Crippen LogP contribution in [-0.2, 0) is 4.74 Å². The number of H-pyrrole nitrogens is 1. The molecule has 0 saturated heterocycles. The van der Waals surface area contributed by atoms with Crippen molar-refractivity contribution in [3.63, 3.8) is 0 Å². The fraction of sp³-hybridized carbons (Fsp3) is 0.176. The van der Waals surface area contributed by atoms with Crippen LogP contribution in [-0.4, -0.2) is 33.9 Å². The highest BCUT2D eigenvalue weighted by Crippen LogP contribution is 2.25. The summed E-state index contributed by atoms with van der Waals surface area (Å²) in [6, 6.07) is 4.98. The lowest BCUT2D eigenvalue weighted by Gasteiger charge is -2.10. The van der Waals surface area contributed by atoms with Crippen molar-refractivity contribution in [1.29, 1.82) is 0 Å². The largest absolute Gasteiger partial charge is 0.464 e. The number of carbonyl (C=O) groups is 2. The molecule has 8 heteroatoms. The van der Waals surface area contributed by atoms with E-state index in [-0.39, 0.29) is 17.6 Å². The van der Waals surface area contributed by atoms with Gasteiger partial charge in [0.2, 0.25) is 0 Å². The number of hydrogen-bond donors (Lipinski definition) is 2. The molecular formula is C17H16N4O3S. The number of methoxy groups -OCH3 is 1. The predicted molar refractivity (Wildman–Crippen MR) is 93.4 cm³/mol. The summed E-state index contributed by atoms with van der Waals surface area (Å²) >= 11 is 1.47. The molecule has 3 rings (SSSR count). The zero-order valence-electron chi connectivity index (χ0n) is 13.6. The van der Waals surface area contributed by atoms with E-state index >= 15 is 0 Å². The Balaban J connectivity index is 1.69. The molecule has 0 spiro atoms. The first-order valence-corrected chi connectivity index (χ1v) is 8.40. The molecule has 0 unspecified atom stereocenters. The number of hydrogen-bond acceptors (Lipinski definition) is 6. The Hall–Kier alpha value is -3.00. The van der Waals surface area contributed by atoms with E-state index in [9.17, 15) is 9.59 Å². The maximum absolute atomic E-state index is 12.3. The number of nitrogens with zero attached hydrogens (tertiary/aromatic N) is 2. The molecule has 128 valence electrons. The minimum atomic E-state index is -0.520. The second kappa shape index (κ2) is 7.27. The van der Waals surface area contributed by atoms with Crippen LogP contribution in [0.25, 0.3) is 11.3 Å². The van der Waals surface area contributed by atoms with Crippen molar-refractivity contribution in [3.05, 3.63) is 58.4 Å². The SMILES string of the molecule is COC(=O)c1cc(C(=O)N[C@@H](C)c2nc(-c3cccnc3)cs2)c[nH]1. The van der Waals surface area contributed by atoms with Crippen LogP contribution in [0.5, 0.6) is 0 Å². The van der Waals surface area contributed by atoms with E-state index < -0.39 is 5.97 Å². The second-order valence-corrected chi connectivity index (χ2v) is 6.19. The van der Waals surface area contributed by atoms with E-state index in [0.29, 0.717) is 5.56 Å². The van der Waals surface area contributed by atoms with Gasteiger partial charge in [-0.15, -0.1) is 11.3 Å². The lowest BCUT2D eigenvalue weighted by molar-refractivity contribution is 0.0595. The van der Waals surface area contributed by atoms with Gasteiger partial charge >= 0.3 is 5.97 Å². The molecule has 3 heterocycles. The number of amides is 1. The van der Waals surface area contributed by atoms with Gasteiger partial charge in [-0.1, -0.05) is 0 Å². The summed E-state index contributed by atoms with van der Waals surface area (Å²) in [7, 11) is 1.29. The third-order valence-corrected chi connectivity index (χ3v) is 4.58. The van der Waals surface area contributed by atoms with Crippen LogP contribution in [0.15, 0.2) is 42.2 Å². The first-order chi connectivity index (χ1) is 12.1. The minimum absolute atomic E-state index is 0.230. The van der Waals surface area contributed by atoms with Crippen molar-refractivity contribution in [2.24, 2.45) is 0 Å². The first-order valence-electron chi connectivity index (χ1n) is 7.52. The molecule has 3 aromatic rings. The van der Waals surface area contributed by atoms with Gasteiger partial charge in [0, 0.05) is 29.5 Å². The van der Waals surface area contributed by atoms with Crippen LogP contribution in [0.2, 0.25) is 0 Å². The van der Waals surface area contributed by atoms with Gasteiger partial charge in [0.1, 0.15) is 10.7 Å². The van der Waals surface area contributed by atoms with Gasteiger partial charge in [-0.3, -0.25) is 9.78 Å². The Morgan fingerprint density at radius 1 is 1.40 bits per heavy atom. The molecule has 1 atom stereocenters. The Kier molecular flexibility index (Phi) is 4.90. The lowest BCUT2D eigenvalue weighted by atomic mass is 10.2. The molecule has 2 N–H and O–H groups in total. The number of carbonyl (C=O) groups excluding carboxylic acids is 2. The van der Waals surface area contributed by atoms with Crippen molar-refractivity contribution in [2.45, 2.75) is 13.0 Å². The zero-order valence-corrected chi connectivity index (χ0v) is 14.5. The molecule has 0 aromatic carbocycles. The number of aromatic amines is 1. The van der Waals surface area contributed by atoms with E-state index in [0.717, 1.165) is 16.3 Å². The van der Waals surface area contributed by atoms with Gasteiger partial charge in [0.05, 0.1) is 24.4 Å². The normalized spacial score (nSPS) is 11.8. The van der Waals surface area contributed by atoms with Crippen LogP contribution < -0.4 is 5.32 Å². The van der Waals surface area contributed by atoms with Crippen molar-refractivity contribution < 1.29 is 14.3 Å². The standard InChI is InChI=1S/C17H16N4O3S/c1-10(16-21-14(9-25-16)11-4-3-5-18-7-11)20-15(22)12-6-13(19-8-12)17(23)24-2/h3-10,19H,1-2H3,(H,20,22)/t10-/m0/s1. The maximum atomic E-state index is 12.3.